The Morgan fingerprint density at radius 3 is 2.33 bits per heavy atom. The Hall–Kier alpha value is -4.10. The van der Waals surface area contributed by atoms with Crippen LogP contribution in [-0.2, 0) is 20.9 Å². The van der Waals surface area contributed by atoms with Gasteiger partial charge in [-0.2, -0.15) is 0 Å². The van der Waals surface area contributed by atoms with E-state index >= 15 is 0 Å². The summed E-state index contributed by atoms with van der Waals surface area (Å²) in [5.74, 6) is -0.236. The molecule has 1 saturated heterocycles. The fraction of sp³-hybridized carbons (Fsp3) is 0.312. The Bertz CT molecular complexity index is 1360. The summed E-state index contributed by atoms with van der Waals surface area (Å²) < 4.78 is 16.9. The number of benzene rings is 3. The summed E-state index contributed by atoms with van der Waals surface area (Å²) in [6.45, 7) is 7.42. The molecule has 3 aromatic rings. The largest absolute Gasteiger partial charge is 0.507 e. The minimum absolute atomic E-state index is 0.0475. The summed E-state index contributed by atoms with van der Waals surface area (Å²) in [6, 6.07) is 19.8. The lowest BCUT2D eigenvalue weighted by atomic mass is 9.94. The number of methoxy groups -OCH3 is 1. The van der Waals surface area contributed by atoms with E-state index in [1.165, 1.54) is 12.0 Å². The van der Waals surface area contributed by atoms with Gasteiger partial charge in [0, 0.05) is 19.2 Å². The Morgan fingerprint density at radius 1 is 0.923 bits per heavy atom. The van der Waals surface area contributed by atoms with Gasteiger partial charge in [0.2, 0.25) is 0 Å². The number of nitrogens with zero attached hydrogens (tertiary/aromatic N) is 1. The van der Waals surface area contributed by atoms with Crippen molar-refractivity contribution in [3.63, 3.8) is 0 Å². The zero-order chi connectivity index (χ0) is 27.9. The predicted molar refractivity (Wildman–Crippen MR) is 150 cm³/mol. The van der Waals surface area contributed by atoms with Crippen molar-refractivity contribution in [2.24, 2.45) is 0 Å². The summed E-state index contributed by atoms with van der Waals surface area (Å²) in [6.07, 6.45) is 0.877. The molecule has 1 heterocycles. The Kier molecular flexibility index (Phi) is 9.04. The van der Waals surface area contributed by atoms with E-state index in [1.54, 1.807) is 18.2 Å². The molecule has 7 heteroatoms. The molecule has 1 aliphatic rings. The summed E-state index contributed by atoms with van der Waals surface area (Å²) in [5.41, 5.74) is 4.25. The molecule has 39 heavy (non-hydrogen) atoms. The molecule has 1 amide bonds. The molecular weight excluding hydrogens is 494 g/mol. The van der Waals surface area contributed by atoms with Gasteiger partial charge in [-0.3, -0.25) is 9.59 Å². The van der Waals surface area contributed by atoms with Crippen molar-refractivity contribution in [2.75, 3.05) is 26.9 Å². The first-order valence-corrected chi connectivity index (χ1v) is 13.1. The smallest absolute Gasteiger partial charge is 0.295 e. The Balaban J connectivity index is 1.67. The van der Waals surface area contributed by atoms with Gasteiger partial charge in [0.25, 0.3) is 11.7 Å². The molecule has 1 aliphatic heterocycles. The number of ether oxygens (including phenoxy) is 3. The number of Topliss-reactive ketones (excluding diaryl/α,β-unsaturated/α-hetero) is 1. The van der Waals surface area contributed by atoms with Crippen molar-refractivity contribution in [3.8, 4) is 11.5 Å². The van der Waals surface area contributed by atoms with Gasteiger partial charge in [-0.05, 0) is 72.9 Å². The van der Waals surface area contributed by atoms with E-state index in [2.05, 4.69) is 0 Å². The summed E-state index contributed by atoms with van der Waals surface area (Å²) in [7, 11) is 1.54. The number of ketones is 1. The van der Waals surface area contributed by atoms with Crippen LogP contribution in [0.3, 0.4) is 0 Å². The van der Waals surface area contributed by atoms with Crippen molar-refractivity contribution in [2.45, 2.75) is 39.8 Å². The van der Waals surface area contributed by atoms with Gasteiger partial charge < -0.3 is 24.2 Å². The van der Waals surface area contributed by atoms with E-state index in [1.807, 2.05) is 69.3 Å². The van der Waals surface area contributed by atoms with E-state index in [4.69, 9.17) is 14.2 Å². The van der Waals surface area contributed by atoms with E-state index in [0.29, 0.717) is 35.8 Å². The highest BCUT2D eigenvalue weighted by Crippen LogP contribution is 2.40. The van der Waals surface area contributed by atoms with Crippen molar-refractivity contribution in [1.82, 2.24) is 4.90 Å². The molecule has 0 aromatic heterocycles. The Morgan fingerprint density at radius 2 is 1.67 bits per heavy atom. The van der Waals surface area contributed by atoms with Crippen LogP contribution in [0.4, 0.5) is 0 Å². The summed E-state index contributed by atoms with van der Waals surface area (Å²) in [5, 5.41) is 11.3. The molecular formula is C32H35NO6. The number of rotatable bonds is 11. The average molecular weight is 530 g/mol. The molecule has 204 valence electrons. The highest BCUT2D eigenvalue weighted by Gasteiger charge is 2.45. The minimum Gasteiger partial charge on any atom is -0.507 e. The molecule has 7 nitrogen and oxygen atoms in total. The van der Waals surface area contributed by atoms with Gasteiger partial charge in [-0.15, -0.1) is 0 Å². The Labute approximate surface area is 229 Å². The van der Waals surface area contributed by atoms with Gasteiger partial charge in [-0.1, -0.05) is 43.3 Å². The van der Waals surface area contributed by atoms with Crippen LogP contribution in [0, 0.1) is 13.8 Å². The minimum atomic E-state index is -0.762. The quantitative estimate of drug-likeness (QED) is 0.194. The first kappa shape index (κ1) is 27.9. The molecule has 1 unspecified atom stereocenters. The third-order valence-corrected chi connectivity index (χ3v) is 6.84. The fourth-order valence-corrected chi connectivity index (χ4v) is 4.65. The van der Waals surface area contributed by atoms with E-state index < -0.39 is 17.7 Å². The van der Waals surface area contributed by atoms with Crippen LogP contribution in [0.5, 0.6) is 11.5 Å². The zero-order valence-corrected chi connectivity index (χ0v) is 22.9. The highest BCUT2D eigenvalue weighted by atomic mass is 16.5. The third-order valence-electron chi connectivity index (χ3n) is 6.84. The van der Waals surface area contributed by atoms with Crippen LogP contribution in [0.1, 0.15) is 47.2 Å². The number of aryl methyl sites for hydroxylation is 2. The lowest BCUT2D eigenvalue weighted by Crippen LogP contribution is -2.32. The maximum atomic E-state index is 13.2. The molecule has 0 aliphatic carbocycles. The van der Waals surface area contributed by atoms with Crippen LogP contribution in [0.2, 0.25) is 0 Å². The summed E-state index contributed by atoms with van der Waals surface area (Å²) >= 11 is 0. The van der Waals surface area contributed by atoms with Gasteiger partial charge in [0.05, 0.1) is 24.8 Å². The molecule has 3 aromatic carbocycles. The number of hydrogen-bond donors (Lipinski definition) is 1. The van der Waals surface area contributed by atoms with E-state index in [0.717, 1.165) is 23.1 Å². The zero-order valence-electron chi connectivity index (χ0n) is 22.9. The van der Waals surface area contributed by atoms with Gasteiger partial charge in [-0.25, -0.2) is 0 Å². The predicted octanol–water partition coefficient (Wildman–Crippen LogP) is 5.74. The number of hydrogen-bond acceptors (Lipinski definition) is 6. The summed E-state index contributed by atoms with van der Waals surface area (Å²) in [4.78, 5) is 27.7. The number of aliphatic hydroxyl groups excluding tert-OH is 1. The lowest BCUT2D eigenvalue weighted by Gasteiger charge is -2.25. The third kappa shape index (κ3) is 6.15. The maximum absolute atomic E-state index is 13.2. The molecule has 0 spiro atoms. The van der Waals surface area contributed by atoms with Crippen molar-refractivity contribution in [1.29, 1.82) is 0 Å². The average Bonchev–Trinajstić information content (AvgIpc) is 3.19. The number of amides is 1. The second-order valence-corrected chi connectivity index (χ2v) is 9.60. The number of likely N-dealkylation sites (tertiary alicyclic amines) is 1. The van der Waals surface area contributed by atoms with Gasteiger partial charge in [0.15, 0.2) is 0 Å². The van der Waals surface area contributed by atoms with E-state index in [9.17, 15) is 14.7 Å². The number of carbonyl (C=O) groups excluding carboxylic acids is 2. The lowest BCUT2D eigenvalue weighted by molar-refractivity contribution is -0.140. The topological polar surface area (TPSA) is 85.3 Å². The molecule has 4 rings (SSSR count). The maximum Gasteiger partial charge on any atom is 0.295 e. The molecule has 0 radical (unpaired) electrons. The van der Waals surface area contributed by atoms with Gasteiger partial charge >= 0.3 is 0 Å². The van der Waals surface area contributed by atoms with Crippen LogP contribution < -0.4 is 9.47 Å². The molecule has 1 atom stereocenters. The van der Waals surface area contributed by atoms with Gasteiger partial charge in [0.1, 0.15) is 23.9 Å². The molecule has 1 N–H and O–H groups in total. The molecule has 1 fully saturated rings. The van der Waals surface area contributed by atoms with Crippen molar-refractivity contribution >= 4 is 17.4 Å². The number of carbonyl (C=O) groups is 2. The van der Waals surface area contributed by atoms with Crippen molar-refractivity contribution < 1.29 is 28.9 Å². The first-order chi connectivity index (χ1) is 18.8. The highest BCUT2D eigenvalue weighted by molar-refractivity contribution is 6.46. The normalized spacial score (nSPS) is 16.5. The van der Waals surface area contributed by atoms with Crippen LogP contribution >= 0.6 is 0 Å². The van der Waals surface area contributed by atoms with Crippen LogP contribution in [0.25, 0.3) is 5.76 Å². The standard InChI is InChI=1S/C32H35NO6/c1-5-17-38-27-15-12-24(19-22(27)3)30(34)28-29(33(16-18-37-4)32(36)31(28)35)23-10-13-26(14-11-23)39-20-25-9-7-6-8-21(25)2/h6-15,19,29,34H,5,16-18,20H2,1-4H3/b30-28+. The monoisotopic (exact) mass is 529 g/mol. The van der Waals surface area contributed by atoms with Crippen molar-refractivity contribution in [3.05, 3.63) is 100 Å². The van der Waals surface area contributed by atoms with E-state index in [-0.39, 0.29) is 24.5 Å². The number of aliphatic hydroxyl groups is 1. The second-order valence-electron chi connectivity index (χ2n) is 9.60. The van der Waals surface area contributed by atoms with Crippen LogP contribution in [-0.4, -0.2) is 48.6 Å². The second kappa shape index (κ2) is 12.6. The van der Waals surface area contributed by atoms with Crippen LogP contribution in [0.15, 0.2) is 72.3 Å². The molecule has 0 saturated carbocycles. The first-order valence-electron chi connectivity index (χ1n) is 13.1. The molecule has 0 bridgehead atoms. The fourth-order valence-electron chi connectivity index (χ4n) is 4.65. The SMILES string of the molecule is CCCOc1ccc(/C(O)=C2\C(=O)C(=O)N(CCOC)C2c2ccc(OCc3ccccc3C)cc2)cc1C.